The lowest BCUT2D eigenvalue weighted by Crippen LogP contribution is -2.42. The number of carboxylic acids is 3. The number of carbonyl (C=O) groups is 3. The first-order chi connectivity index (χ1) is 20.5. The van der Waals surface area contributed by atoms with E-state index in [1.54, 1.807) is 7.11 Å². The van der Waals surface area contributed by atoms with Crippen LogP contribution in [0.1, 0.15) is 69.9 Å². The van der Waals surface area contributed by atoms with Crippen molar-refractivity contribution >= 4 is 29.6 Å². The molecule has 1 fully saturated rings. The van der Waals surface area contributed by atoms with Gasteiger partial charge in [-0.1, -0.05) is 63.5 Å². The number of benzene rings is 2. The summed E-state index contributed by atoms with van der Waals surface area (Å²) >= 11 is 0. The second-order valence-electron chi connectivity index (χ2n) is 10.6. The molecule has 1 aliphatic rings. The lowest BCUT2D eigenvalue weighted by molar-refractivity contribution is -0.170. The maximum atomic E-state index is 10.3. The van der Waals surface area contributed by atoms with Crippen LogP contribution in [-0.4, -0.2) is 82.2 Å². The predicted octanol–water partition coefficient (Wildman–Crippen LogP) is 5.29. The highest BCUT2D eigenvalue weighted by molar-refractivity contribution is 5.88. The van der Waals surface area contributed by atoms with Gasteiger partial charge in [0, 0.05) is 6.54 Å². The molecule has 0 saturated heterocycles. The molecule has 3 rings (SSSR count). The van der Waals surface area contributed by atoms with Crippen LogP contribution in [0.2, 0.25) is 0 Å². The van der Waals surface area contributed by atoms with Crippen LogP contribution >= 0.6 is 0 Å². The number of aliphatic carboxylic acids is 3. The minimum absolute atomic E-state index is 0.635. The second kappa shape index (κ2) is 17.9. The number of methoxy groups -OCH3 is 1. The first-order valence-corrected chi connectivity index (χ1v) is 14.7. The summed E-state index contributed by atoms with van der Waals surface area (Å²) in [6.07, 6.45) is 6.67. The number of ether oxygens (including phenoxy) is 2. The van der Waals surface area contributed by atoms with Gasteiger partial charge in [0.15, 0.2) is 5.60 Å². The monoisotopic (exact) mass is 599 g/mol. The molecule has 0 bridgehead atoms. The summed E-state index contributed by atoms with van der Waals surface area (Å²) in [5, 5.41) is 33.8. The van der Waals surface area contributed by atoms with E-state index in [-0.39, 0.29) is 0 Å². The summed E-state index contributed by atoms with van der Waals surface area (Å²) in [4.78, 5) is 32.9. The summed E-state index contributed by atoms with van der Waals surface area (Å²) in [6, 6.07) is 17.1. The molecule has 2 aromatic carbocycles. The van der Waals surface area contributed by atoms with Crippen molar-refractivity contribution in [3.8, 4) is 11.5 Å². The van der Waals surface area contributed by atoms with Crippen LogP contribution in [0.5, 0.6) is 11.5 Å². The minimum atomic E-state index is -2.74. The van der Waals surface area contributed by atoms with Crippen LogP contribution in [0, 0.1) is 5.92 Å². The van der Waals surface area contributed by atoms with E-state index < -0.39 is 36.4 Å². The van der Waals surface area contributed by atoms with Gasteiger partial charge in [0.1, 0.15) is 18.1 Å². The molecule has 0 unspecified atom stereocenters. The maximum Gasteiger partial charge on any atom is 0.336 e. The largest absolute Gasteiger partial charge is 0.497 e. The molecule has 236 valence electrons. The van der Waals surface area contributed by atoms with E-state index in [0.717, 1.165) is 37.7 Å². The van der Waals surface area contributed by atoms with Gasteiger partial charge in [-0.25, -0.2) is 4.79 Å². The van der Waals surface area contributed by atoms with Gasteiger partial charge in [-0.15, -0.1) is 0 Å². The molecular weight excluding hydrogens is 554 g/mol. The highest BCUT2D eigenvalue weighted by Crippen LogP contribution is 2.37. The molecule has 0 radical (unpaired) electrons. The summed E-state index contributed by atoms with van der Waals surface area (Å²) in [5.41, 5.74) is 1.26. The molecule has 0 aliphatic heterocycles. The molecule has 4 N–H and O–H groups in total. The summed E-state index contributed by atoms with van der Waals surface area (Å²) in [7, 11) is 1.71. The van der Waals surface area contributed by atoms with Crippen molar-refractivity contribution in [2.24, 2.45) is 5.92 Å². The van der Waals surface area contributed by atoms with Crippen molar-refractivity contribution in [2.75, 3.05) is 33.4 Å². The molecule has 0 aromatic heterocycles. The summed E-state index contributed by atoms with van der Waals surface area (Å²) in [6.45, 7) is 8.23. The van der Waals surface area contributed by atoms with Gasteiger partial charge in [-0.2, -0.15) is 0 Å². The number of nitrogens with zero attached hydrogens (tertiary/aromatic N) is 1. The van der Waals surface area contributed by atoms with Crippen LogP contribution in [0.4, 0.5) is 0 Å². The minimum Gasteiger partial charge on any atom is -0.497 e. The average molecular weight is 600 g/mol. The molecule has 1 aliphatic carbocycles. The standard InChI is InChI=1S/C27H37NO2.C6H8O7/c1-4-28(5-2)19-20-30-26-17-13-24(14-18-26)27(23-9-7-6-8-10-23)21-22-11-15-25(29-3)16-12-22;7-3(8)1-6(13,5(11)12)2-4(9)10/h11-18,21,23H,4-10,19-20H2,1-3H3;13H,1-2H2,(H,7,8)(H,9,10)(H,11,12). The summed E-state index contributed by atoms with van der Waals surface area (Å²) < 4.78 is 11.3. The Labute approximate surface area is 253 Å². The van der Waals surface area contributed by atoms with Crippen molar-refractivity contribution in [3.05, 3.63) is 59.7 Å². The van der Waals surface area contributed by atoms with Crippen molar-refractivity contribution in [1.29, 1.82) is 0 Å². The zero-order chi connectivity index (χ0) is 31.8. The Balaban J connectivity index is 0.000000420. The molecule has 0 spiro atoms. The van der Waals surface area contributed by atoms with E-state index in [0.29, 0.717) is 5.92 Å². The highest BCUT2D eigenvalue weighted by atomic mass is 16.5. The van der Waals surface area contributed by atoms with Crippen LogP contribution in [0.15, 0.2) is 48.5 Å². The van der Waals surface area contributed by atoms with Gasteiger partial charge in [-0.3, -0.25) is 9.59 Å². The number of hydrogen-bond acceptors (Lipinski definition) is 7. The fourth-order valence-corrected chi connectivity index (χ4v) is 5.02. The highest BCUT2D eigenvalue weighted by Gasteiger charge is 2.40. The molecule has 43 heavy (non-hydrogen) atoms. The van der Waals surface area contributed by atoms with Gasteiger partial charge in [0.2, 0.25) is 0 Å². The molecule has 1 saturated carbocycles. The normalized spacial score (nSPS) is 14.0. The van der Waals surface area contributed by atoms with Gasteiger partial charge >= 0.3 is 17.9 Å². The number of rotatable bonds is 15. The third kappa shape index (κ3) is 12.1. The van der Waals surface area contributed by atoms with E-state index in [9.17, 15) is 14.4 Å². The van der Waals surface area contributed by atoms with Gasteiger partial charge in [-0.05, 0) is 72.8 Å². The quantitative estimate of drug-likeness (QED) is 0.199. The van der Waals surface area contributed by atoms with Crippen molar-refractivity contribution in [3.63, 3.8) is 0 Å². The lowest BCUT2D eigenvalue weighted by Gasteiger charge is -2.25. The maximum absolute atomic E-state index is 10.3. The van der Waals surface area contributed by atoms with Gasteiger partial charge < -0.3 is 34.8 Å². The summed E-state index contributed by atoms with van der Waals surface area (Å²) in [5.74, 6) is -2.53. The SMILES string of the molecule is CCN(CC)CCOc1ccc(C(=Cc2ccc(OC)cc2)C2CCCCC2)cc1.O=C(O)CC(O)(CC(=O)O)C(=O)O. The lowest BCUT2D eigenvalue weighted by atomic mass is 9.80. The molecule has 10 heteroatoms. The van der Waals surface area contributed by atoms with Gasteiger partial charge in [0.25, 0.3) is 0 Å². The van der Waals surface area contributed by atoms with Crippen molar-refractivity contribution < 1.29 is 44.3 Å². The Bertz CT molecular complexity index is 1170. The van der Waals surface area contributed by atoms with Crippen LogP contribution in [0.25, 0.3) is 11.6 Å². The van der Waals surface area contributed by atoms with Gasteiger partial charge in [0.05, 0.1) is 20.0 Å². The van der Waals surface area contributed by atoms with E-state index in [1.807, 2.05) is 12.1 Å². The van der Waals surface area contributed by atoms with Crippen LogP contribution < -0.4 is 9.47 Å². The molecule has 2 aromatic rings. The Kier molecular flexibility index (Phi) is 14.7. The smallest absolute Gasteiger partial charge is 0.336 e. The number of carboxylic acid groups (broad SMARTS) is 3. The molecule has 0 atom stereocenters. The van der Waals surface area contributed by atoms with Crippen LogP contribution in [-0.2, 0) is 14.4 Å². The fourth-order valence-electron chi connectivity index (χ4n) is 5.02. The molecule has 0 heterocycles. The van der Waals surface area contributed by atoms with Crippen molar-refractivity contribution in [1.82, 2.24) is 4.90 Å². The van der Waals surface area contributed by atoms with E-state index in [4.69, 9.17) is 29.9 Å². The molecule has 10 nitrogen and oxygen atoms in total. The topological polar surface area (TPSA) is 154 Å². The first-order valence-electron chi connectivity index (χ1n) is 14.7. The third-order valence-electron chi connectivity index (χ3n) is 7.53. The Morgan fingerprint density at radius 1 is 0.860 bits per heavy atom. The molecule has 0 amide bonds. The van der Waals surface area contributed by atoms with Crippen molar-refractivity contribution in [2.45, 2.75) is 64.4 Å². The van der Waals surface area contributed by atoms with E-state index >= 15 is 0 Å². The average Bonchev–Trinajstić information content (AvgIpc) is 2.99. The Morgan fingerprint density at radius 3 is 1.86 bits per heavy atom. The van der Waals surface area contributed by atoms with Crippen LogP contribution in [0.3, 0.4) is 0 Å². The zero-order valence-electron chi connectivity index (χ0n) is 25.3. The van der Waals surface area contributed by atoms with E-state index in [1.165, 1.54) is 48.8 Å². The Hall–Kier alpha value is -3.89. The number of aliphatic hydroxyl groups is 1. The number of hydrogen-bond donors (Lipinski definition) is 4. The second-order valence-corrected chi connectivity index (χ2v) is 10.6. The number of allylic oxidation sites excluding steroid dienone is 1. The molecular formula is C33H45NO9. The fraction of sp³-hybridized carbons (Fsp3) is 0.485. The zero-order valence-corrected chi connectivity index (χ0v) is 25.3. The Morgan fingerprint density at radius 2 is 1.40 bits per heavy atom. The predicted molar refractivity (Wildman–Crippen MR) is 164 cm³/mol. The third-order valence-corrected chi connectivity index (χ3v) is 7.53. The van der Waals surface area contributed by atoms with E-state index in [2.05, 4.69) is 61.2 Å². The first kappa shape index (κ1) is 35.3. The number of likely N-dealkylation sites (N-methyl/N-ethyl adjacent to an activating group) is 1.